The zero-order valence-electron chi connectivity index (χ0n) is 9.77. The molecule has 0 unspecified atom stereocenters. The van der Waals surface area contributed by atoms with Crippen LogP contribution in [0.15, 0.2) is 30.3 Å². The Morgan fingerprint density at radius 3 is 2.62 bits per heavy atom. The van der Waals surface area contributed by atoms with Crippen LogP contribution in [0.5, 0.6) is 0 Å². The van der Waals surface area contributed by atoms with Gasteiger partial charge >= 0.3 is 0 Å². The third-order valence-electron chi connectivity index (χ3n) is 3.41. The maximum absolute atomic E-state index is 6.08. The van der Waals surface area contributed by atoms with Gasteiger partial charge in [0.1, 0.15) is 0 Å². The van der Waals surface area contributed by atoms with Crippen molar-refractivity contribution in [2.75, 3.05) is 6.61 Å². The van der Waals surface area contributed by atoms with E-state index in [1.807, 2.05) is 18.2 Å². The highest BCUT2D eigenvalue weighted by molar-refractivity contribution is 5.13. The Labute approximate surface area is 97.8 Å². The summed E-state index contributed by atoms with van der Waals surface area (Å²) in [6.07, 6.45) is 5.00. The summed E-state index contributed by atoms with van der Waals surface area (Å²) in [6, 6.07) is 10.7. The second-order valence-corrected chi connectivity index (χ2v) is 4.71. The summed E-state index contributed by atoms with van der Waals surface area (Å²) in [6.45, 7) is 1.53. The Morgan fingerprint density at radius 1 is 1.12 bits per heavy atom. The standard InChI is InChI=1S/C14H21NO/c15-14-9-5-4-8-13(14)11-16-10-12-6-2-1-3-7-12/h1-3,6-7,13-14H,4-5,8-11,15H2/t13-,14+/m1/s1. The first-order chi connectivity index (χ1) is 7.86. The average molecular weight is 219 g/mol. The molecule has 0 spiro atoms. The summed E-state index contributed by atoms with van der Waals surface area (Å²) in [5.74, 6) is 0.567. The summed E-state index contributed by atoms with van der Waals surface area (Å²) in [5, 5.41) is 0. The zero-order chi connectivity index (χ0) is 11.2. The molecule has 1 aliphatic rings. The van der Waals surface area contributed by atoms with Crippen molar-refractivity contribution in [2.45, 2.75) is 38.3 Å². The van der Waals surface area contributed by atoms with Gasteiger partial charge in [0, 0.05) is 6.04 Å². The van der Waals surface area contributed by atoms with Crippen molar-refractivity contribution in [3.05, 3.63) is 35.9 Å². The number of hydrogen-bond acceptors (Lipinski definition) is 2. The molecule has 1 aliphatic carbocycles. The third kappa shape index (κ3) is 3.32. The van der Waals surface area contributed by atoms with E-state index in [4.69, 9.17) is 10.5 Å². The van der Waals surface area contributed by atoms with E-state index in [-0.39, 0.29) is 0 Å². The zero-order valence-corrected chi connectivity index (χ0v) is 9.77. The first kappa shape index (κ1) is 11.6. The summed E-state index contributed by atoms with van der Waals surface area (Å²) < 4.78 is 5.75. The van der Waals surface area contributed by atoms with Crippen molar-refractivity contribution < 1.29 is 4.74 Å². The van der Waals surface area contributed by atoms with E-state index in [0.29, 0.717) is 18.6 Å². The van der Waals surface area contributed by atoms with Gasteiger partial charge in [-0.3, -0.25) is 0 Å². The fraction of sp³-hybridized carbons (Fsp3) is 0.571. The van der Waals surface area contributed by atoms with Crippen LogP contribution in [0, 0.1) is 5.92 Å². The Hall–Kier alpha value is -0.860. The van der Waals surface area contributed by atoms with Gasteiger partial charge in [-0.2, -0.15) is 0 Å². The van der Waals surface area contributed by atoms with E-state index in [2.05, 4.69) is 12.1 Å². The molecule has 0 heterocycles. The van der Waals surface area contributed by atoms with Gasteiger partial charge in [0.15, 0.2) is 0 Å². The lowest BCUT2D eigenvalue weighted by molar-refractivity contribution is 0.0662. The van der Waals surface area contributed by atoms with Crippen molar-refractivity contribution >= 4 is 0 Å². The fourth-order valence-electron chi connectivity index (χ4n) is 2.35. The minimum Gasteiger partial charge on any atom is -0.376 e. The Balaban J connectivity index is 1.71. The van der Waals surface area contributed by atoms with Crippen LogP contribution in [0.2, 0.25) is 0 Å². The number of hydrogen-bond donors (Lipinski definition) is 1. The molecule has 0 saturated heterocycles. The molecular formula is C14H21NO. The lowest BCUT2D eigenvalue weighted by Gasteiger charge is -2.28. The molecule has 1 fully saturated rings. The minimum atomic E-state index is 0.351. The molecule has 2 heteroatoms. The monoisotopic (exact) mass is 219 g/mol. The van der Waals surface area contributed by atoms with Crippen molar-refractivity contribution in [3.63, 3.8) is 0 Å². The van der Waals surface area contributed by atoms with Gasteiger partial charge < -0.3 is 10.5 Å². The van der Waals surface area contributed by atoms with E-state index in [1.54, 1.807) is 0 Å². The quantitative estimate of drug-likeness (QED) is 0.845. The normalized spacial score (nSPS) is 25.6. The minimum absolute atomic E-state index is 0.351. The summed E-state index contributed by atoms with van der Waals surface area (Å²) in [7, 11) is 0. The number of ether oxygens (including phenoxy) is 1. The molecule has 1 saturated carbocycles. The molecule has 0 aromatic heterocycles. The Bertz CT molecular complexity index is 299. The van der Waals surface area contributed by atoms with Crippen molar-refractivity contribution in [2.24, 2.45) is 11.7 Å². The highest BCUT2D eigenvalue weighted by Gasteiger charge is 2.21. The van der Waals surface area contributed by atoms with E-state index in [9.17, 15) is 0 Å². The lowest BCUT2D eigenvalue weighted by Crippen LogP contribution is -2.35. The van der Waals surface area contributed by atoms with Gasteiger partial charge in [-0.25, -0.2) is 0 Å². The molecule has 1 aromatic rings. The molecule has 0 bridgehead atoms. The van der Waals surface area contributed by atoms with Crippen LogP contribution in [0.1, 0.15) is 31.2 Å². The molecule has 1 aromatic carbocycles. The summed E-state index contributed by atoms with van der Waals surface area (Å²) in [5.41, 5.74) is 7.32. The summed E-state index contributed by atoms with van der Waals surface area (Å²) in [4.78, 5) is 0. The molecule has 0 radical (unpaired) electrons. The number of benzene rings is 1. The predicted molar refractivity (Wildman–Crippen MR) is 66.0 cm³/mol. The maximum Gasteiger partial charge on any atom is 0.0717 e. The van der Waals surface area contributed by atoms with Crippen molar-refractivity contribution in [3.8, 4) is 0 Å². The molecule has 2 N–H and O–H groups in total. The van der Waals surface area contributed by atoms with E-state index in [1.165, 1.54) is 31.2 Å². The third-order valence-corrected chi connectivity index (χ3v) is 3.41. The van der Waals surface area contributed by atoms with Gasteiger partial charge in [0.2, 0.25) is 0 Å². The van der Waals surface area contributed by atoms with Crippen LogP contribution in [-0.2, 0) is 11.3 Å². The van der Waals surface area contributed by atoms with E-state index >= 15 is 0 Å². The highest BCUT2D eigenvalue weighted by Crippen LogP contribution is 2.23. The van der Waals surface area contributed by atoms with Crippen molar-refractivity contribution in [1.29, 1.82) is 0 Å². The Kier molecular flexibility index (Phi) is 4.37. The predicted octanol–water partition coefficient (Wildman–Crippen LogP) is 2.72. The second-order valence-electron chi connectivity index (χ2n) is 4.71. The maximum atomic E-state index is 6.08. The second kappa shape index (κ2) is 6.02. The number of nitrogens with two attached hydrogens (primary N) is 1. The largest absolute Gasteiger partial charge is 0.376 e. The van der Waals surface area contributed by atoms with E-state index in [0.717, 1.165) is 6.61 Å². The van der Waals surface area contributed by atoms with Crippen LogP contribution in [-0.4, -0.2) is 12.6 Å². The van der Waals surface area contributed by atoms with Crippen LogP contribution >= 0.6 is 0 Å². The van der Waals surface area contributed by atoms with Crippen LogP contribution in [0.4, 0.5) is 0 Å². The van der Waals surface area contributed by atoms with Gasteiger partial charge in [0.05, 0.1) is 13.2 Å². The van der Waals surface area contributed by atoms with Crippen LogP contribution < -0.4 is 5.73 Å². The molecule has 2 atom stereocenters. The topological polar surface area (TPSA) is 35.2 Å². The molecule has 0 amide bonds. The molecule has 16 heavy (non-hydrogen) atoms. The van der Waals surface area contributed by atoms with E-state index < -0.39 is 0 Å². The first-order valence-corrected chi connectivity index (χ1v) is 6.23. The van der Waals surface area contributed by atoms with Gasteiger partial charge in [0.25, 0.3) is 0 Å². The number of rotatable bonds is 4. The molecule has 2 nitrogen and oxygen atoms in total. The molecular weight excluding hydrogens is 198 g/mol. The molecule has 0 aliphatic heterocycles. The summed E-state index contributed by atoms with van der Waals surface area (Å²) >= 11 is 0. The van der Waals surface area contributed by atoms with Crippen molar-refractivity contribution in [1.82, 2.24) is 0 Å². The molecule has 88 valence electrons. The van der Waals surface area contributed by atoms with Gasteiger partial charge in [-0.15, -0.1) is 0 Å². The van der Waals surface area contributed by atoms with Crippen LogP contribution in [0.3, 0.4) is 0 Å². The van der Waals surface area contributed by atoms with Gasteiger partial charge in [-0.05, 0) is 24.3 Å². The lowest BCUT2D eigenvalue weighted by atomic mass is 9.86. The smallest absolute Gasteiger partial charge is 0.0717 e. The highest BCUT2D eigenvalue weighted by atomic mass is 16.5. The fourth-order valence-corrected chi connectivity index (χ4v) is 2.35. The van der Waals surface area contributed by atoms with Gasteiger partial charge in [-0.1, -0.05) is 43.2 Å². The average Bonchev–Trinajstić information content (AvgIpc) is 2.33. The first-order valence-electron chi connectivity index (χ1n) is 6.23. The molecule has 2 rings (SSSR count). The van der Waals surface area contributed by atoms with Crippen LogP contribution in [0.25, 0.3) is 0 Å². The Morgan fingerprint density at radius 2 is 1.88 bits per heavy atom. The SMILES string of the molecule is N[C@H]1CCCC[C@@H]1COCc1ccccc1.